The Hall–Kier alpha value is -2.74. The van der Waals surface area contributed by atoms with E-state index in [1.807, 2.05) is 0 Å². The van der Waals surface area contributed by atoms with Crippen molar-refractivity contribution in [1.29, 1.82) is 0 Å². The van der Waals surface area contributed by atoms with Gasteiger partial charge in [-0.25, -0.2) is 9.18 Å². The molecule has 7 nitrogen and oxygen atoms in total. The van der Waals surface area contributed by atoms with Crippen molar-refractivity contribution in [3.63, 3.8) is 0 Å². The van der Waals surface area contributed by atoms with Gasteiger partial charge in [0.25, 0.3) is 0 Å². The number of ether oxygens (including phenoxy) is 2. The number of ketones is 1. The number of carbonyl (C=O) groups is 2. The van der Waals surface area contributed by atoms with Gasteiger partial charge in [0.05, 0.1) is 24.4 Å². The molecule has 1 aliphatic carbocycles. The maximum atomic E-state index is 13.0. The molecule has 1 aromatic heterocycles. The van der Waals surface area contributed by atoms with Crippen molar-refractivity contribution in [2.45, 2.75) is 45.3 Å². The topological polar surface area (TPSA) is 73.7 Å². The predicted octanol–water partition coefficient (Wildman–Crippen LogP) is 3.78. The average molecular weight is 429 g/mol. The van der Waals surface area contributed by atoms with Crippen molar-refractivity contribution < 1.29 is 23.5 Å². The molecule has 1 aromatic carbocycles. The van der Waals surface area contributed by atoms with E-state index < -0.39 is 11.7 Å². The number of hydrogen-bond donors (Lipinski definition) is 0. The number of fused-ring (bicyclic) bond motifs is 1. The number of nitrogens with zero attached hydrogens (tertiary/aromatic N) is 3. The quantitative estimate of drug-likeness (QED) is 0.674. The summed E-state index contributed by atoms with van der Waals surface area (Å²) < 4.78 is 25.4. The van der Waals surface area contributed by atoms with Gasteiger partial charge >= 0.3 is 6.09 Å². The van der Waals surface area contributed by atoms with Crippen molar-refractivity contribution in [3.8, 4) is 5.75 Å². The van der Waals surface area contributed by atoms with Crippen LogP contribution in [-0.4, -0.2) is 57.9 Å². The van der Waals surface area contributed by atoms with Gasteiger partial charge in [0.15, 0.2) is 5.78 Å². The first-order valence-electron chi connectivity index (χ1n) is 10.6. The first-order valence-corrected chi connectivity index (χ1v) is 10.6. The molecular weight excluding hydrogens is 401 g/mol. The lowest BCUT2D eigenvalue weighted by molar-refractivity contribution is 0.0514. The number of benzene rings is 1. The van der Waals surface area contributed by atoms with E-state index in [0.717, 1.165) is 30.6 Å². The second-order valence-corrected chi connectivity index (χ2v) is 9.46. The van der Waals surface area contributed by atoms with Crippen LogP contribution >= 0.6 is 0 Å². The largest absolute Gasteiger partial charge is 0.490 e. The molecule has 2 fully saturated rings. The van der Waals surface area contributed by atoms with Crippen LogP contribution in [0.2, 0.25) is 0 Å². The second kappa shape index (κ2) is 8.42. The van der Waals surface area contributed by atoms with Gasteiger partial charge in [-0.2, -0.15) is 9.78 Å². The first-order chi connectivity index (χ1) is 14.7. The summed E-state index contributed by atoms with van der Waals surface area (Å²) in [6.07, 6.45) is 4.24. The third-order valence-electron chi connectivity index (χ3n) is 5.75. The summed E-state index contributed by atoms with van der Waals surface area (Å²) in [5.74, 6) is 1.34. The standard InChI is InChI=1S/C23H28FN3O4/c1-23(2,3)31-22(29)27-13-17(10-25-27)21(28)14-26-11-15-8-20(9-16(15)12-26)30-19-6-4-18(24)5-7-19/h4-7,10,13,15-16,20H,8-9,11-12,14H2,1-3H3/t15-,16?,20+/m1/s1. The summed E-state index contributed by atoms with van der Waals surface area (Å²) in [5.41, 5.74) is -0.223. The Bertz CT molecular complexity index is 936. The number of hydrogen-bond acceptors (Lipinski definition) is 6. The fourth-order valence-corrected chi connectivity index (χ4v) is 4.44. The van der Waals surface area contributed by atoms with Crippen LogP contribution in [0.3, 0.4) is 0 Å². The number of rotatable bonds is 5. The van der Waals surface area contributed by atoms with Crippen LogP contribution in [0.15, 0.2) is 36.7 Å². The Balaban J connectivity index is 1.26. The van der Waals surface area contributed by atoms with Crippen LogP contribution in [0, 0.1) is 17.7 Å². The van der Waals surface area contributed by atoms with Crippen molar-refractivity contribution in [3.05, 3.63) is 48.0 Å². The van der Waals surface area contributed by atoms with Crippen LogP contribution in [0.1, 0.15) is 44.0 Å². The van der Waals surface area contributed by atoms with Crippen molar-refractivity contribution >= 4 is 11.9 Å². The van der Waals surface area contributed by atoms with Crippen LogP contribution in [0.5, 0.6) is 5.75 Å². The zero-order chi connectivity index (χ0) is 22.2. The molecule has 4 rings (SSSR count). The number of halogens is 1. The summed E-state index contributed by atoms with van der Waals surface area (Å²) >= 11 is 0. The zero-order valence-corrected chi connectivity index (χ0v) is 18.1. The Morgan fingerprint density at radius 2 is 1.77 bits per heavy atom. The molecule has 1 saturated carbocycles. The highest BCUT2D eigenvalue weighted by atomic mass is 19.1. The van der Waals surface area contributed by atoms with E-state index in [9.17, 15) is 14.0 Å². The van der Waals surface area contributed by atoms with Crippen LogP contribution in [-0.2, 0) is 4.74 Å². The van der Waals surface area contributed by atoms with Gasteiger partial charge in [-0.05, 0) is 69.7 Å². The average Bonchev–Trinajstić information content (AvgIpc) is 3.37. The first kappa shape index (κ1) is 21.5. The van der Waals surface area contributed by atoms with Crippen molar-refractivity contribution in [1.82, 2.24) is 14.7 Å². The lowest BCUT2D eigenvalue weighted by Gasteiger charge is -2.19. The van der Waals surface area contributed by atoms with Gasteiger partial charge in [0, 0.05) is 19.3 Å². The highest BCUT2D eigenvalue weighted by molar-refractivity contribution is 5.97. The lowest BCUT2D eigenvalue weighted by Crippen LogP contribution is -2.30. The van der Waals surface area contributed by atoms with Crippen LogP contribution < -0.4 is 4.74 Å². The van der Waals surface area contributed by atoms with E-state index in [2.05, 4.69) is 10.00 Å². The Kier molecular flexibility index (Phi) is 5.83. The molecule has 0 bridgehead atoms. The maximum Gasteiger partial charge on any atom is 0.435 e. The molecule has 1 unspecified atom stereocenters. The summed E-state index contributed by atoms with van der Waals surface area (Å²) in [5, 5.41) is 3.97. The molecule has 3 atom stereocenters. The molecule has 1 saturated heterocycles. The molecule has 0 spiro atoms. The Morgan fingerprint density at radius 3 is 2.39 bits per heavy atom. The highest BCUT2D eigenvalue weighted by Gasteiger charge is 2.42. The fourth-order valence-electron chi connectivity index (χ4n) is 4.44. The van der Waals surface area contributed by atoms with E-state index in [0.29, 0.717) is 29.7 Å². The van der Waals surface area contributed by atoms with E-state index in [1.165, 1.54) is 24.5 Å². The SMILES string of the molecule is CC(C)(C)OC(=O)n1cc(C(=O)CN2CC3C[C@@H](Oc4ccc(F)cc4)C[C@@H]3C2)cn1. The summed E-state index contributed by atoms with van der Waals surface area (Å²) in [6, 6.07) is 6.13. The minimum atomic E-state index is -0.626. The van der Waals surface area contributed by atoms with Gasteiger partial charge in [0.1, 0.15) is 17.2 Å². The van der Waals surface area contributed by atoms with Crippen LogP contribution in [0.25, 0.3) is 0 Å². The third-order valence-corrected chi connectivity index (χ3v) is 5.75. The van der Waals surface area contributed by atoms with Crippen molar-refractivity contribution in [2.24, 2.45) is 11.8 Å². The molecule has 8 heteroatoms. The molecule has 0 N–H and O–H groups in total. The minimum absolute atomic E-state index is 0.0612. The molecule has 166 valence electrons. The molecular formula is C23H28FN3O4. The van der Waals surface area contributed by atoms with Gasteiger partial charge in [-0.3, -0.25) is 9.69 Å². The van der Waals surface area contributed by atoms with E-state index in [1.54, 1.807) is 32.9 Å². The smallest absolute Gasteiger partial charge is 0.435 e. The van der Waals surface area contributed by atoms with Crippen molar-refractivity contribution in [2.75, 3.05) is 19.6 Å². The minimum Gasteiger partial charge on any atom is -0.490 e. The number of aromatic nitrogens is 2. The van der Waals surface area contributed by atoms with E-state index in [4.69, 9.17) is 9.47 Å². The van der Waals surface area contributed by atoms with E-state index >= 15 is 0 Å². The fraction of sp³-hybridized carbons (Fsp3) is 0.522. The third kappa shape index (κ3) is 5.31. The monoisotopic (exact) mass is 429 g/mol. The number of carbonyl (C=O) groups excluding carboxylic acids is 2. The van der Waals surface area contributed by atoms with Gasteiger partial charge < -0.3 is 9.47 Å². The Labute approximate surface area is 181 Å². The lowest BCUT2D eigenvalue weighted by atomic mass is 10.0. The maximum absolute atomic E-state index is 13.0. The molecule has 0 amide bonds. The predicted molar refractivity (Wildman–Crippen MR) is 112 cm³/mol. The number of likely N-dealkylation sites (tertiary alicyclic amines) is 1. The summed E-state index contributed by atoms with van der Waals surface area (Å²) in [6.45, 7) is 7.33. The second-order valence-electron chi connectivity index (χ2n) is 9.46. The molecule has 0 radical (unpaired) electrons. The van der Waals surface area contributed by atoms with Crippen LogP contribution in [0.4, 0.5) is 9.18 Å². The zero-order valence-electron chi connectivity index (χ0n) is 18.1. The van der Waals surface area contributed by atoms with Gasteiger partial charge in [0.2, 0.25) is 0 Å². The number of Topliss-reactive ketones (excluding diaryl/α,β-unsaturated/α-hetero) is 1. The summed E-state index contributed by atoms with van der Waals surface area (Å²) in [7, 11) is 0. The summed E-state index contributed by atoms with van der Waals surface area (Å²) in [4.78, 5) is 26.9. The molecule has 31 heavy (non-hydrogen) atoms. The normalized spacial score (nSPS) is 23.5. The molecule has 2 aliphatic rings. The van der Waals surface area contributed by atoms with E-state index in [-0.39, 0.29) is 17.7 Å². The molecule has 2 aromatic rings. The molecule has 2 heterocycles. The highest BCUT2D eigenvalue weighted by Crippen LogP contribution is 2.39. The Morgan fingerprint density at radius 1 is 1.13 bits per heavy atom. The van der Waals surface area contributed by atoms with Gasteiger partial charge in [-0.15, -0.1) is 0 Å². The van der Waals surface area contributed by atoms with Gasteiger partial charge in [-0.1, -0.05) is 0 Å². The molecule has 1 aliphatic heterocycles.